The maximum Gasteiger partial charge on any atom is 0.254 e. The Morgan fingerprint density at radius 1 is 1.03 bits per heavy atom. The molecule has 1 fully saturated rings. The second-order valence-electron chi connectivity index (χ2n) is 8.54. The van der Waals surface area contributed by atoms with E-state index in [4.69, 9.17) is 0 Å². The van der Waals surface area contributed by atoms with Gasteiger partial charge in [-0.05, 0) is 42.3 Å². The summed E-state index contributed by atoms with van der Waals surface area (Å²) in [6.07, 6.45) is 1.77. The van der Waals surface area contributed by atoms with Gasteiger partial charge in [0.25, 0.3) is 5.91 Å². The first-order valence-corrected chi connectivity index (χ1v) is 11.6. The van der Waals surface area contributed by atoms with Crippen LogP contribution in [0.2, 0.25) is 0 Å². The van der Waals surface area contributed by atoms with Crippen molar-refractivity contribution >= 4 is 17.5 Å². The van der Waals surface area contributed by atoms with Gasteiger partial charge in [-0.25, -0.2) is 0 Å². The molecule has 7 nitrogen and oxygen atoms in total. The zero-order chi connectivity index (χ0) is 23.9. The summed E-state index contributed by atoms with van der Waals surface area (Å²) < 4.78 is 0. The number of benzene rings is 2. The largest absolute Gasteiger partial charge is 0.379 e. The molecule has 0 spiro atoms. The Morgan fingerprint density at radius 2 is 1.82 bits per heavy atom. The molecule has 2 amide bonds. The fraction of sp³-hybridized carbons (Fsp3) is 0.296. The molecule has 1 aliphatic heterocycles. The van der Waals surface area contributed by atoms with Crippen LogP contribution in [0.1, 0.15) is 27.2 Å². The molecule has 1 saturated heterocycles. The van der Waals surface area contributed by atoms with Crippen LogP contribution in [-0.2, 0) is 17.9 Å². The first kappa shape index (κ1) is 23.4. The number of likely N-dealkylation sites (N-methyl/N-ethyl adjacent to an activating group) is 1. The van der Waals surface area contributed by atoms with Crippen molar-refractivity contribution in [2.45, 2.75) is 26.1 Å². The van der Waals surface area contributed by atoms with E-state index in [-0.39, 0.29) is 11.8 Å². The summed E-state index contributed by atoms with van der Waals surface area (Å²) in [6, 6.07) is 21.2. The average molecular weight is 458 g/mol. The van der Waals surface area contributed by atoms with E-state index in [1.54, 1.807) is 18.1 Å². The Morgan fingerprint density at radius 3 is 2.56 bits per heavy atom. The summed E-state index contributed by atoms with van der Waals surface area (Å²) in [5, 5.41) is 6.16. The Kier molecular flexibility index (Phi) is 7.54. The number of aromatic nitrogens is 1. The quantitative estimate of drug-likeness (QED) is 0.570. The number of carbonyl (C=O) groups is 2. The molecule has 1 aliphatic rings. The smallest absolute Gasteiger partial charge is 0.254 e. The number of carbonyl (C=O) groups excluding carboxylic acids is 2. The molecule has 0 saturated carbocycles. The Labute approximate surface area is 200 Å². The number of hydrogen-bond acceptors (Lipinski definition) is 5. The highest BCUT2D eigenvalue weighted by Gasteiger charge is 2.34. The van der Waals surface area contributed by atoms with Gasteiger partial charge in [-0.3, -0.25) is 19.5 Å². The van der Waals surface area contributed by atoms with Crippen LogP contribution in [0.4, 0.5) is 5.69 Å². The molecule has 0 bridgehead atoms. The molecule has 0 unspecified atom stereocenters. The number of anilines is 1. The molecule has 0 aliphatic carbocycles. The van der Waals surface area contributed by atoms with Crippen molar-refractivity contribution in [2.75, 3.05) is 32.0 Å². The van der Waals surface area contributed by atoms with Crippen LogP contribution in [0.25, 0.3) is 0 Å². The molecule has 1 aromatic heterocycles. The van der Waals surface area contributed by atoms with Gasteiger partial charge in [0.05, 0.1) is 12.2 Å². The van der Waals surface area contributed by atoms with E-state index in [2.05, 4.69) is 32.7 Å². The summed E-state index contributed by atoms with van der Waals surface area (Å²) in [5.41, 5.74) is 4.66. The molecule has 4 rings (SSSR count). The molecule has 2 heterocycles. The zero-order valence-corrected chi connectivity index (χ0v) is 19.7. The van der Waals surface area contributed by atoms with E-state index >= 15 is 0 Å². The van der Waals surface area contributed by atoms with Crippen molar-refractivity contribution < 1.29 is 9.59 Å². The topological polar surface area (TPSA) is 77.6 Å². The lowest BCUT2D eigenvalue weighted by atomic mass is 10.1. The van der Waals surface area contributed by atoms with Crippen molar-refractivity contribution in [3.8, 4) is 0 Å². The van der Waals surface area contributed by atoms with Gasteiger partial charge in [0.2, 0.25) is 5.91 Å². The fourth-order valence-corrected chi connectivity index (χ4v) is 4.24. The van der Waals surface area contributed by atoms with Gasteiger partial charge < -0.3 is 15.5 Å². The lowest BCUT2D eigenvalue weighted by Gasteiger charge is -2.40. The van der Waals surface area contributed by atoms with Crippen molar-refractivity contribution in [1.29, 1.82) is 0 Å². The minimum Gasteiger partial charge on any atom is -0.379 e. The van der Waals surface area contributed by atoms with Crippen LogP contribution in [0.5, 0.6) is 0 Å². The third-order valence-electron chi connectivity index (χ3n) is 6.23. The van der Waals surface area contributed by atoms with E-state index in [1.807, 2.05) is 61.5 Å². The molecule has 176 valence electrons. The first-order chi connectivity index (χ1) is 16.5. The van der Waals surface area contributed by atoms with Gasteiger partial charge in [0.15, 0.2) is 0 Å². The monoisotopic (exact) mass is 457 g/mol. The molecule has 0 radical (unpaired) electrons. The summed E-state index contributed by atoms with van der Waals surface area (Å²) in [7, 11) is 1.64. The average Bonchev–Trinajstić information content (AvgIpc) is 2.89. The molecule has 3 aromatic rings. The zero-order valence-electron chi connectivity index (χ0n) is 19.7. The van der Waals surface area contributed by atoms with Crippen LogP contribution in [-0.4, -0.2) is 59.3 Å². The molecule has 2 N–H and O–H groups in total. The van der Waals surface area contributed by atoms with E-state index in [1.165, 1.54) is 0 Å². The second kappa shape index (κ2) is 10.9. The summed E-state index contributed by atoms with van der Waals surface area (Å²) in [6.45, 7) is 4.83. The number of pyridine rings is 1. The van der Waals surface area contributed by atoms with Crippen molar-refractivity contribution in [1.82, 2.24) is 20.1 Å². The van der Waals surface area contributed by atoms with Gasteiger partial charge in [-0.15, -0.1) is 0 Å². The summed E-state index contributed by atoms with van der Waals surface area (Å²) in [4.78, 5) is 34.4. The lowest BCUT2D eigenvalue weighted by molar-refractivity contribution is -0.128. The van der Waals surface area contributed by atoms with Crippen LogP contribution in [0.3, 0.4) is 0 Å². The molecule has 34 heavy (non-hydrogen) atoms. The standard InChI is InChI=1S/C27H31N5O2/c1-20-11-12-22(16-24(20)30-17-23-10-6-7-13-29-23)27(34)32-15-14-31(25(19-32)26(33)28-2)18-21-8-4-3-5-9-21/h3-13,16,25,30H,14-15,17-19H2,1-2H3,(H,28,33)/t25-/m1/s1. The predicted octanol–water partition coefficient (Wildman–Crippen LogP) is 3.07. The van der Waals surface area contributed by atoms with Crippen LogP contribution >= 0.6 is 0 Å². The molecular formula is C27H31N5O2. The number of amides is 2. The van der Waals surface area contributed by atoms with Crippen molar-refractivity contribution in [3.05, 3.63) is 95.3 Å². The second-order valence-corrected chi connectivity index (χ2v) is 8.54. The van der Waals surface area contributed by atoms with Crippen LogP contribution < -0.4 is 10.6 Å². The van der Waals surface area contributed by atoms with Gasteiger partial charge in [-0.1, -0.05) is 42.5 Å². The maximum absolute atomic E-state index is 13.4. The van der Waals surface area contributed by atoms with E-state index in [0.717, 1.165) is 22.5 Å². The van der Waals surface area contributed by atoms with Gasteiger partial charge >= 0.3 is 0 Å². The van der Waals surface area contributed by atoms with Crippen molar-refractivity contribution in [2.24, 2.45) is 0 Å². The van der Waals surface area contributed by atoms with E-state index < -0.39 is 6.04 Å². The van der Waals surface area contributed by atoms with Gasteiger partial charge in [-0.2, -0.15) is 0 Å². The molecule has 2 aromatic carbocycles. The molecule has 1 atom stereocenters. The SMILES string of the molecule is CNC(=O)[C@H]1CN(C(=O)c2ccc(C)c(NCc3ccccn3)c2)CCN1Cc1ccccc1. The van der Waals surface area contributed by atoms with Gasteiger partial charge in [0, 0.05) is 50.7 Å². The highest BCUT2D eigenvalue weighted by molar-refractivity contribution is 5.96. The number of nitrogens with zero attached hydrogens (tertiary/aromatic N) is 3. The normalized spacial score (nSPS) is 16.2. The fourth-order valence-electron chi connectivity index (χ4n) is 4.24. The summed E-state index contributed by atoms with van der Waals surface area (Å²) in [5.74, 6) is -0.135. The highest BCUT2D eigenvalue weighted by Crippen LogP contribution is 2.21. The molecular weight excluding hydrogens is 426 g/mol. The van der Waals surface area contributed by atoms with Gasteiger partial charge in [0.1, 0.15) is 6.04 Å². The first-order valence-electron chi connectivity index (χ1n) is 11.6. The summed E-state index contributed by atoms with van der Waals surface area (Å²) >= 11 is 0. The third kappa shape index (κ3) is 5.61. The molecule has 7 heteroatoms. The van der Waals surface area contributed by atoms with Crippen LogP contribution in [0, 0.1) is 6.92 Å². The number of hydrogen-bond donors (Lipinski definition) is 2. The van der Waals surface area contributed by atoms with Crippen molar-refractivity contribution in [3.63, 3.8) is 0 Å². The Bertz CT molecular complexity index is 1120. The Balaban J connectivity index is 1.46. The van der Waals surface area contributed by atoms with Crippen LogP contribution in [0.15, 0.2) is 72.9 Å². The van der Waals surface area contributed by atoms with E-state index in [0.29, 0.717) is 38.3 Å². The number of piperazine rings is 1. The predicted molar refractivity (Wildman–Crippen MR) is 133 cm³/mol. The number of nitrogens with one attached hydrogen (secondary N) is 2. The number of aryl methyl sites for hydroxylation is 1. The Hall–Kier alpha value is -3.71. The minimum absolute atomic E-state index is 0.0610. The third-order valence-corrected chi connectivity index (χ3v) is 6.23. The highest BCUT2D eigenvalue weighted by atomic mass is 16.2. The lowest BCUT2D eigenvalue weighted by Crippen LogP contribution is -2.59. The maximum atomic E-state index is 13.4. The minimum atomic E-state index is -0.393. The van der Waals surface area contributed by atoms with E-state index in [9.17, 15) is 9.59 Å². The number of rotatable bonds is 7.